The van der Waals surface area contributed by atoms with Crippen molar-refractivity contribution in [3.63, 3.8) is 0 Å². The molecule has 1 atom stereocenters. The first-order valence-electron chi connectivity index (χ1n) is 8.04. The van der Waals surface area contributed by atoms with Gasteiger partial charge in [0.2, 0.25) is 0 Å². The Morgan fingerprint density at radius 2 is 2.15 bits per heavy atom. The summed E-state index contributed by atoms with van der Waals surface area (Å²) in [6.45, 7) is 7.77. The Morgan fingerprint density at radius 1 is 1.35 bits per heavy atom. The molecule has 0 amide bonds. The summed E-state index contributed by atoms with van der Waals surface area (Å²) in [4.78, 5) is 7.32. The third-order valence-corrected chi connectivity index (χ3v) is 4.21. The van der Waals surface area contributed by atoms with Gasteiger partial charge in [0.15, 0.2) is 0 Å². The fraction of sp³-hybridized carbons (Fsp3) is 0.706. The van der Waals surface area contributed by atoms with E-state index in [1.807, 2.05) is 6.07 Å². The van der Waals surface area contributed by atoms with E-state index in [4.69, 9.17) is 4.98 Å². The number of piperidine rings is 1. The summed E-state index contributed by atoms with van der Waals surface area (Å²) < 4.78 is 0. The Kier molecular flexibility index (Phi) is 5.41. The van der Waals surface area contributed by atoms with Crippen LogP contribution in [-0.4, -0.2) is 22.7 Å². The molecule has 0 spiro atoms. The topological polar surface area (TPSA) is 36.4 Å². The predicted molar refractivity (Wildman–Crippen MR) is 84.1 cm³/mol. The zero-order chi connectivity index (χ0) is 14.5. The van der Waals surface area contributed by atoms with Crippen LogP contribution in [-0.2, 0) is 6.61 Å². The molecule has 1 N–H and O–H groups in total. The van der Waals surface area contributed by atoms with Crippen LogP contribution in [0.3, 0.4) is 0 Å². The summed E-state index contributed by atoms with van der Waals surface area (Å²) in [6.07, 6.45) is 6.32. The van der Waals surface area contributed by atoms with E-state index in [0.717, 1.165) is 23.6 Å². The molecule has 1 aliphatic rings. The van der Waals surface area contributed by atoms with Crippen LogP contribution in [0.15, 0.2) is 12.1 Å². The third kappa shape index (κ3) is 3.51. The summed E-state index contributed by atoms with van der Waals surface area (Å²) >= 11 is 0. The van der Waals surface area contributed by atoms with Crippen molar-refractivity contribution in [2.45, 2.75) is 71.4 Å². The predicted octanol–water partition coefficient (Wildman–Crippen LogP) is 3.86. The Balaban J connectivity index is 2.31. The molecule has 1 fully saturated rings. The second-order valence-electron chi connectivity index (χ2n) is 6.20. The normalized spacial score (nSPS) is 19.6. The van der Waals surface area contributed by atoms with E-state index in [-0.39, 0.29) is 6.61 Å². The summed E-state index contributed by atoms with van der Waals surface area (Å²) in [6, 6.07) is 4.72. The lowest BCUT2D eigenvalue weighted by Crippen LogP contribution is -2.40. The number of anilines is 1. The molecular formula is C17H28N2O. The second kappa shape index (κ2) is 7.07. The molecule has 20 heavy (non-hydrogen) atoms. The number of rotatable bonds is 5. The monoisotopic (exact) mass is 276 g/mol. The molecule has 0 saturated carbocycles. The maximum atomic E-state index is 9.49. The SMILES string of the molecule is CCCC1CCCCN1c1cc(CO)cc(C(C)C)n1. The van der Waals surface area contributed by atoms with E-state index in [2.05, 4.69) is 31.7 Å². The van der Waals surface area contributed by atoms with Gasteiger partial charge in [0, 0.05) is 18.3 Å². The van der Waals surface area contributed by atoms with E-state index in [9.17, 15) is 5.11 Å². The molecule has 0 aromatic carbocycles. The van der Waals surface area contributed by atoms with Gasteiger partial charge in [-0.05, 0) is 49.3 Å². The summed E-state index contributed by atoms with van der Waals surface area (Å²) in [5, 5.41) is 9.49. The summed E-state index contributed by atoms with van der Waals surface area (Å²) in [7, 11) is 0. The van der Waals surface area contributed by atoms with Crippen LogP contribution in [0.25, 0.3) is 0 Å². The van der Waals surface area contributed by atoms with Gasteiger partial charge < -0.3 is 10.0 Å². The molecule has 2 rings (SSSR count). The van der Waals surface area contributed by atoms with Gasteiger partial charge in [0.1, 0.15) is 5.82 Å². The highest BCUT2D eigenvalue weighted by Gasteiger charge is 2.23. The number of pyridine rings is 1. The van der Waals surface area contributed by atoms with E-state index in [1.165, 1.54) is 32.1 Å². The van der Waals surface area contributed by atoms with E-state index < -0.39 is 0 Å². The lowest BCUT2D eigenvalue weighted by atomic mass is 9.98. The lowest BCUT2D eigenvalue weighted by molar-refractivity contribution is 0.281. The van der Waals surface area contributed by atoms with Crippen molar-refractivity contribution in [1.29, 1.82) is 0 Å². The quantitative estimate of drug-likeness (QED) is 0.887. The van der Waals surface area contributed by atoms with Gasteiger partial charge in [-0.3, -0.25) is 0 Å². The van der Waals surface area contributed by atoms with Crippen molar-refractivity contribution in [2.24, 2.45) is 0 Å². The first kappa shape index (κ1) is 15.3. The summed E-state index contributed by atoms with van der Waals surface area (Å²) in [5.74, 6) is 1.47. The molecule has 2 heterocycles. The van der Waals surface area contributed by atoms with Crippen molar-refractivity contribution in [3.05, 3.63) is 23.4 Å². The van der Waals surface area contributed by atoms with Crippen LogP contribution in [0.1, 0.15) is 70.1 Å². The number of aliphatic hydroxyl groups excluding tert-OH is 1. The smallest absolute Gasteiger partial charge is 0.129 e. The van der Waals surface area contributed by atoms with Crippen molar-refractivity contribution < 1.29 is 5.11 Å². The van der Waals surface area contributed by atoms with Gasteiger partial charge in [-0.2, -0.15) is 0 Å². The molecule has 1 unspecified atom stereocenters. The first-order chi connectivity index (χ1) is 9.65. The van der Waals surface area contributed by atoms with Crippen LogP contribution in [0.2, 0.25) is 0 Å². The van der Waals surface area contributed by atoms with Gasteiger partial charge in [-0.1, -0.05) is 27.2 Å². The Bertz CT molecular complexity index is 429. The minimum absolute atomic E-state index is 0.0987. The van der Waals surface area contributed by atoms with E-state index in [0.29, 0.717) is 12.0 Å². The molecule has 3 nitrogen and oxygen atoms in total. The Labute approximate surface area is 123 Å². The molecule has 0 aliphatic carbocycles. The molecule has 0 bridgehead atoms. The van der Waals surface area contributed by atoms with Crippen molar-refractivity contribution in [3.8, 4) is 0 Å². The maximum Gasteiger partial charge on any atom is 0.129 e. The van der Waals surface area contributed by atoms with Crippen molar-refractivity contribution >= 4 is 5.82 Å². The number of hydrogen-bond acceptors (Lipinski definition) is 3. The van der Waals surface area contributed by atoms with Crippen LogP contribution in [0.5, 0.6) is 0 Å². The van der Waals surface area contributed by atoms with Crippen molar-refractivity contribution in [1.82, 2.24) is 4.98 Å². The number of aromatic nitrogens is 1. The highest BCUT2D eigenvalue weighted by atomic mass is 16.3. The van der Waals surface area contributed by atoms with Gasteiger partial charge in [-0.25, -0.2) is 4.98 Å². The molecule has 112 valence electrons. The third-order valence-electron chi connectivity index (χ3n) is 4.21. The zero-order valence-electron chi connectivity index (χ0n) is 13.1. The van der Waals surface area contributed by atoms with Gasteiger partial charge in [0.05, 0.1) is 6.61 Å². The lowest BCUT2D eigenvalue weighted by Gasteiger charge is -2.37. The van der Waals surface area contributed by atoms with Crippen molar-refractivity contribution in [2.75, 3.05) is 11.4 Å². The van der Waals surface area contributed by atoms with E-state index in [1.54, 1.807) is 0 Å². The molecule has 0 radical (unpaired) electrons. The molecule has 1 saturated heterocycles. The van der Waals surface area contributed by atoms with Crippen LogP contribution < -0.4 is 4.90 Å². The van der Waals surface area contributed by atoms with E-state index >= 15 is 0 Å². The average Bonchev–Trinajstić information content (AvgIpc) is 2.47. The fourth-order valence-corrected chi connectivity index (χ4v) is 3.06. The fourth-order valence-electron chi connectivity index (χ4n) is 3.06. The molecule has 1 aliphatic heterocycles. The highest BCUT2D eigenvalue weighted by Crippen LogP contribution is 2.28. The standard InChI is InChI=1S/C17H28N2O/c1-4-7-15-8-5-6-9-19(15)17-11-14(12-20)10-16(18-17)13(2)3/h10-11,13,15,20H,4-9,12H2,1-3H3. The highest BCUT2D eigenvalue weighted by molar-refractivity contribution is 5.44. The number of hydrogen-bond donors (Lipinski definition) is 1. The molecular weight excluding hydrogens is 248 g/mol. The maximum absolute atomic E-state index is 9.49. The average molecular weight is 276 g/mol. The minimum Gasteiger partial charge on any atom is -0.392 e. The van der Waals surface area contributed by atoms with Gasteiger partial charge in [0.25, 0.3) is 0 Å². The van der Waals surface area contributed by atoms with Crippen LogP contribution >= 0.6 is 0 Å². The summed E-state index contributed by atoms with van der Waals surface area (Å²) in [5.41, 5.74) is 2.08. The van der Waals surface area contributed by atoms with Gasteiger partial charge >= 0.3 is 0 Å². The molecule has 3 heteroatoms. The zero-order valence-corrected chi connectivity index (χ0v) is 13.1. The number of aliphatic hydroxyl groups is 1. The Morgan fingerprint density at radius 3 is 2.80 bits per heavy atom. The molecule has 1 aromatic heterocycles. The first-order valence-corrected chi connectivity index (χ1v) is 8.04. The van der Waals surface area contributed by atoms with Crippen LogP contribution in [0, 0.1) is 0 Å². The van der Waals surface area contributed by atoms with Gasteiger partial charge in [-0.15, -0.1) is 0 Å². The number of nitrogens with zero attached hydrogens (tertiary/aromatic N) is 2. The Hall–Kier alpha value is -1.09. The minimum atomic E-state index is 0.0987. The second-order valence-corrected chi connectivity index (χ2v) is 6.20. The molecule has 1 aromatic rings. The van der Waals surface area contributed by atoms with Crippen LogP contribution in [0.4, 0.5) is 5.82 Å². The largest absolute Gasteiger partial charge is 0.392 e.